The van der Waals surface area contributed by atoms with Gasteiger partial charge in [-0.25, -0.2) is 4.79 Å². The molecule has 3 amide bonds. The summed E-state index contributed by atoms with van der Waals surface area (Å²) in [5.41, 5.74) is 2.83. The summed E-state index contributed by atoms with van der Waals surface area (Å²) in [5.74, 6) is -0.0847. The zero-order valence-electron chi connectivity index (χ0n) is 18.3. The van der Waals surface area contributed by atoms with Crippen LogP contribution < -0.4 is 16.0 Å². The van der Waals surface area contributed by atoms with Crippen LogP contribution in [0.5, 0.6) is 0 Å². The summed E-state index contributed by atoms with van der Waals surface area (Å²) < 4.78 is 0. The fourth-order valence-corrected chi connectivity index (χ4v) is 3.74. The maximum absolute atomic E-state index is 12.2. The summed E-state index contributed by atoms with van der Waals surface area (Å²) >= 11 is 0. The van der Waals surface area contributed by atoms with Gasteiger partial charge in [0.05, 0.1) is 6.42 Å². The number of para-hydroxylation sites is 1. The van der Waals surface area contributed by atoms with E-state index in [0.717, 1.165) is 51.3 Å². The van der Waals surface area contributed by atoms with Crippen LogP contribution in [0.2, 0.25) is 0 Å². The van der Waals surface area contributed by atoms with E-state index in [0.29, 0.717) is 12.2 Å². The van der Waals surface area contributed by atoms with Crippen LogP contribution >= 0.6 is 0 Å². The Labute approximate surface area is 184 Å². The van der Waals surface area contributed by atoms with Crippen LogP contribution in [0.1, 0.15) is 17.5 Å². The number of nitrogens with one attached hydrogen (secondary N) is 3. The van der Waals surface area contributed by atoms with Crippen molar-refractivity contribution in [1.82, 2.24) is 20.4 Å². The molecule has 166 valence electrons. The predicted molar refractivity (Wildman–Crippen MR) is 124 cm³/mol. The molecule has 0 unspecified atom stereocenters. The van der Waals surface area contributed by atoms with E-state index in [9.17, 15) is 9.59 Å². The first-order valence-corrected chi connectivity index (χ1v) is 11.0. The van der Waals surface area contributed by atoms with Crippen LogP contribution in [0.15, 0.2) is 54.6 Å². The van der Waals surface area contributed by atoms with Gasteiger partial charge in [0.1, 0.15) is 0 Å². The molecule has 3 N–H and O–H groups in total. The number of hydrogen-bond acceptors (Lipinski definition) is 4. The number of rotatable bonds is 9. The predicted octanol–water partition coefficient (Wildman–Crippen LogP) is 2.30. The second-order valence-corrected chi connectivity index (χ2v) is 7.84. The SMILES string of the molecule is CNC(=O)Cc1ccccc1NC(=O)NCCCN1CCN(Cc2ccccc2)CC1. The van der Waals surface area contributed by atoms with Crippen LogP contribution in [-0.2, 0) is 17.8 Å². The Hall–Kier alpha value is -2.90. The molecule has 1 aliphatic rings. The Bertz CT molecular complexity index is 835. The summed E-state index contributed by atoms with van der Waals surface area (Å²) in [6.07, 6.45) is 1.15. The highest BCUT2D eigenvalue weighted by molar-refractivity contribution is 5.91. The van der Waals surface area contributed by atoms with Gasteiger partial charge in [-0.15, -0.1) is 0 Å². The van der Waals surface area contributed by atoms with E-state index in [2.05, 4.69) is 56.1 Å². The molecule has 0 bridgehead atoms. The number of amides is 3. The monoisotopic (exact) mass is 423 g/mol. The van der Waals surface area contributed by atoms with Gasteiger partial charge in [-0.1, -0.05) is 48.5 Å². The average Bonchev–Trinajstić information content (AvgIpc) is 2.80. The number of hydrogen-bond donors (Lipinski definition) is 3. The van der Waals surface area contributed by atoms with Crippen molar-refractivity contribution >= 4 is 17.6 Å². The standard InChI is InChI=1S/C24H33N5O2/c1-25-23(30)18-21-10-5-6-11-22(21)27-24(31)26-12-7-13-28-14-16-29(17-15-28)19-20-8-3-2-4-9-20/h2-6,8-11H,7,12-19H2,1H3,(H,25,30)(H2,26,27,31). The van der Waals surface area contributed by atoms with Crippen LogP contribution in [-0.4, -0.2) is 68.1 Å². The number of carbonyl (C=O) groups excluding carboxylic acids is 2. The fourth-order valence-electron chi connectivity index (χ4n) is 3.74. The molecule has 7 nitrogen and oxygen atoms in total. The molecular formula is C24H33N5O2. The number of nitrogens with zero attached hydrogens (tertiary/aromatic N) is 2. The minimum atomic E-state index is -0.239. The molecule has 3 rings (SSSR count). The second-order valence-electron chi connectivity index (χ2n) is 7.84. The first kappa shape index (κ1) is 22.8. The zero-order chi connectivity index (χ0) is 21.9. The Morgan fingerprint density at radius 3 is 2.32 bits per heavy atom. The number of benzene rings is 2. The van der Waals surface area contributed by atoms with Crippen molar-refractivity contribution in [2.24, 2.45) is 0 Å². The third-order valence-electron chi connectivity index (χ3n) is 5.55. The molecule has 1 heterocycles. The van der Waals surface area contributed by atoms with Gasteiger partial charge in [-0.2, -0.15) is 0 Å². The number of anilines is 1. The minimum absolute atomic E-state index is 0.0847. The Morgan fingerprint density at radius 1 is 0.903 bits per heavy atom. The van der Waals surface area contributed by atoms with Crippen LogP contribution in [0.3, 0.4) is 0 Å². The molecule has 0 atom stereocenters. The Morgan fingerprint density at radius 2 is 1.58 bits per heavy atom. The van der Waals surface area contributed by atoms with E-state index in [1.165, 1.54) is 5.56 Å². The first-order valence-electron chi connectivity index (χ1n) is 11.0. The van der Waals surface area contributed by atoms with E-state index in [-0.39, 0.29) is 18.4 Å². The third-order valence-corrected chi connectivity index (χ3v) is 5.55. The van der Waals surface area contributed by atoms with Gasteiger partial charge in [-0.05, 0) is 30.2 Å². The molecule has 2 aromatic rings. The molecule has 2 aromatic carbocycles. The molecule has 1 fully saturated rings. The lowest BCUT2D eigenvalue weighted by molar-refractivity contribution is -0.119. The van der Waals surface area contributed by atoms with E-state index >= 15 is 0 Å². The minimum Gasteiger partial charge on any atom is -0.359 e. The highest BCUT2D eigenvalue weighted by Gasteiger charge is 2.16. The number of carbonyl (C=O) groups is 2. The number of urea groups is 1. The van der Waals surface area contributed by atoms with Crippen molar-refractivity contribution in [2.45, 2.75) is 19.4 Å². The summed E-state index contributed by atoms with van der Waals surface area (Å²) in [6.45, 7) is 6.88. The Kier molecular flexibility index (Phi) is 8.87. The molecule has 0 saturated carbocycles. The van der Waals surface area contributed by atoms with Gasteiger partial charge < -0.3 is 20.9 Å². The topological polar surface area (TPSA) is 76.7 Å². The average molecular weight is 424 g/mol. The summed E-state index contributed by atoms with van der Waals surface area (Å²) in [4.78, 5) is 28.8. The molecule has 7 heteroatoms. The molecule has 0 aliphatic carbocycles. The molecule has 1 saturated heterocycles. The van der Waals surface area contributed by atoms with Gasteiger partial charge in [0, 0.05) is 52.0 Å². The Balaban J connectivity index is 1.32. The molecule has 0 aromatic heterocycles. The van der Waals surface area contributed by atoms with Crippen molar-refractivity contribution in [2.75, 3.05) is 51.6 Å². The second kappa shape index (κ2) is 12.1. The van der Waals surface area contributed by atoms with Gasteiger partial charge in [0.15, 0.2) is 0 Å². The number of piperazine rings is 1. The van der Waals surface area contributed by atoms with Gasteiger partial charge >= 0.3 is 6.03 Å². The number of likely N-dealkylation sites (N-methyl/N-ethyl adjacent to an activating group) is 1. The lowest BCUT2D eigenvalue weighted by Gasteiger charge is -2.34. The van der Waals surface area contributed by atoms with E-state index in [4.69, 9.17) is 0 Å². The summed E-state index contributed by atoms with van der Waals surface area (Å²) in [6, 6.07) is 17.7. The van der Waals surface area contributed by atoms with Gasteiger partial charge in [0.2, 0.25) is 5.91 Å². The first-order chi connectivity index (χ1) is 15.1. The maximum Gasteiger partial charge on any atom is 0.319 e. The lowest BCUT2D eigenvalue weighted by Crippen LogP contribution is -2.46. The summed E-state index contributed by atoms with van der Waals surface area (Å²) in [5, 5.41) is 8.38. The quantitative estimate of drug-likeness (QED) is 0.541. The van der Waals surface area contributed by atoms with E-state index in [1.807, 2.05) is 24.3 Å². The van der Waals surface area contributed by atoms with Crippen LogP contribution in [0.4, 0.5) is 10.5 Å². The zero-order valence-corrected chi connectivity index (χ0v) is 18.3. The van der Waals surface area contributed by atoms with Crippen molar-refractivity contribution in [3.8, 4) is 0 Å². The van der Waals surface area contributed by atoms with Crippen LogP contribution in [0.25, 0.3) is 0 Å². The smallest absolute Gasteiger partial charge is 0.319 e. The molecule has 31 heavy (non-hydrogen) atoms. The normalized spacial score (nSPS) is 14.7. The lowest BCUT2D eigenvalue weighted by atomic mass is 10.1. The van der Waals surface area contributed by atoms with Crippen LogP contribution in [0, 0.1) is 0 Å². The van der Waals surface area contributed by atoms with Crippen molar-refractivity contribution in [3.05, 3.63) is 65.7 Å². The van der Waals surface area contributed by atoms with E-state index in [1.54, 1.807) is 7.05 Å². The van der Waals surface area contributed by atoms with Crippen molar-refractivity contribution in [1.29, 1.82) is 0 Å². The fraction of sp³-hybridized carbons (Fsp3) is 0.417. The third kappa shape index (κ3) is 7.70. The highest BCUT2D eigenvalue weighted by Crippen LogP contribution is 2.15. The molecule has 0 spiro atoms. The molecule has 0 radical (unpaired) electrons. The molecule has 1 aliphatic heterocycles. The maximum atomic E-state index is 12.2. The van der Waals surface area contributed by atoms with Crippen molar-refractivity contribution < 1.29 is 9.59 Å². The van der Waals surface area contributed by atoms with Crippen molar-refractivity contribution in [3.63, 3.8) is 0 Å². The van der Waals surface area contributed by atoms with E-state index < -0.39 is 0 Å². The van der Waals surface area contributed by atoms with Gasteiger partial charge in [0.25, 0.3) is 0 Å². The highest BCUT2D eigenvalue weighted by atomic mass is 16.2. The molecular weight excluding hydrogens is 390 g/mol. The van der Waals surface area contributed by atoms with Gasteiger partial charge in [-0.3, -0.25) is 9.69 Å². The summed E-state index contributed by atoms with van der Waals surface area (Å²) in [7, 11) is 1.61. The largest absolute Gasteiger partial charge is 0.359 e.